The van der Waals surface area contributed by atoms with Crippen LogP contribution in [-0.4, -0.2) is 23.4 Å². The van der Waals surface area contributed by atoms with Gasteiger partial charge < -0.3 is 10.6 Å². The number of hydrogen-bond donors (Lipinski definition) is 2. The Balaban J connectivity index is 2.06. The number of amides is 1. The zero-order valence-corrected chi connectivity index (χ0v) is 10.8. The maximum absolute atomic E-state index is 11.9. The Morgan fingerprint density at radius 3 is 3.00 bits per heavy atom. The van der Waals surface area contributed by atoms with Crippen molar-refractivity contribution in [3.63, 3.8) is 0 Å². The van der Waals surface area contributed by atoms with Crippen molar-refractivity contribution >= 4 is 17.3 Å². The molecule has 0 radical (unpaired) electrons. The SMILES string of the molecule is N#Cc1cc([N+](=O)[O-])ccc1NC(=O)CC1CCCN1. The molecular formula is C13H14N4O3. The molecule has 1 amide bonds. The standard InChI is InChI=1S/C13H14N4O3/c14-8-9-6-11(17(19)20)3-4-12(9)16-13(18)7-10-2-1-5-15-10/h3-4,6,10,15H,1-2,5,7H2,(H,16,18). The number of benzene rings is 1. The molecule has 1 aromatic rings. The number of carbonyl (C=O) groups excluding carboxylic acids is 1. The minimum atomic E-state index is -0.575. The maximum Gasteiger partial charge on any atom is 0.270 e. The molecule has 2 N–H and O–H groups in total. The molecule has 1 aliphatic rings. The topological polar surface area (TPSA) is 108 Å². The van der Waals surface area contributed by atoms with Crippen LogP contribution in [0.25, 0.3) is 0 Å². The van der Waals surface area contributed by atoms with Gasteiger partial charge >= 0.3 is 0 Å². The molecule has 2 rings (SSSR count). The van der Waals surface area contributed by atoms with Gasteiger partial charge in [0.05, 0.1) is 16.2 Å². The van der Waals surface area contributed by atoms with Crippen molar-refractivity contribution < 1.29 is 9.72 Å². The van der Waals surface area contributed by atoms with Crippen molar-refractivity contribution in [3.8, 4) is 6.07 Å². The number of carbonyl (C=O) groups is 1. The summed E-state index contributed by atoms with van der Waals surface area (Å²) in [6.07, 6.45) is 2.35. The fourth-order valence-corrected chi connectivity index (χ4v) is 2.20. The van der Waals surface area contributed by atoms with E-state index in [-0.39, 0.29) is 23.2 Å². The number of hydrogen-bond acceptors (Lipinski definition) is 5. The summed E-state index contributed by atoms with van der Waals surface area (Å²) in [5.41, 5.74) is 0.227. The van der Waals surface area contributed by atoms with Crippen LogP contribution in [0.2, 0.25) is 0 Å². The molecule has 0 saturated carbocycles. The highest BCUT2D eigenvalue weighted by atomic mass is 16.6. The van der Waals surface area contributed by atoms with Gasteiger partial charge in [0.15, 0.2) is 0 Å². The van der Waals surface area contributed by atoms with E-state index in [9.17, 15) is 14.9 Å². The van der Waals surface area contributed by atoms with E-state index in [0.717, 1.165) is 25.5 Å². The predicted molar refractivity (Wildman–Crippen MR) is 72.1 cm³/mol. The van der Waals surface area contributed by atoms with Gasteiger partial charge in [0, 0.05) is 24.6 Å². The lowest BCUT2D eigenvalue weighted by atomic mass is 10.1. The van der Waals surface area contributed by atoms with Crippen molar-refractivity contribution in [1.82, 2.24) is 5.32 Å². The van der Waals surface area contributed by atoms with Crippen molar-refractivity contribution in [3.05, 3.63) is 33.9 Å². The van der Waals surface area contributed by atoms with Crippen molar-refractivity contribution in [2.45, 2.75) is 25.3 Å². The second-order valence-corrected chi connectivity index (χ2v) is 4.64. The molecular weight excluding hydrogens is 260 g/mol. The van der Waals surface area contributed by atoms with Crippen LogP contribution < -0.4 is 10.6 Å². The van der Waals surface area contributed by atoms with Gasteiger partial charge in [-0.3, -0.25) is 14.9 Å². The molecule has 7 heteroatoms. The maximum atomic E-state index is 11.9. The second kappa shape index (κ2) is 6.12. The van der Waals surface area contributed by atoms with E-state index in [1.165, 1.54) is 12.1 Å². The van der Waals surface area contributed by atoms with Crippen LogP contribution in [0, 0.1) is 21.4 Å². The van der Waals surface area contributed by atoms with Crippen molar-refractivity contribution in [2.24, 2.45) is 0 Å². The summed E-state index contributed by atoms with van der Waals surface area (Å²) in [6, 6.07) is 5.83. The summed E-state index contributed by atoms with van der Waals surface area (Å²) in [7, 11) is 0. The minimum Gasteiger partial charge on any atom is -0.325 e. The van der Waals surface area contributed by atoms with E-state index >= 15 is 0 Å². The Bertz CT molecular complexity index is 573. The monoisotopic (exact) mass is 274 g/mol. The first-order valence-corrected chi connectivity index (χ1v) is 6.32. The number of nitrogens with one attached hydrogen (secondary N) is 2. The Kier molecular flexibility index (Phi) is 4.27. The second-order valence-electron chi connectivity index (χ2n) is 4.64. The van der Waals surface area contributed by atoms with E-state index in [4.69, 9.17) is 5.26 Å². The first-order valence-electron chi connectivity index (χ1n) is 6.32. The van der Waals surface area contributed by atoms with Gasteiger partial charge in [-0.25, -0.2) is 0 Å². The van der Waals surface area contributed by atoms with E-state index < -0.39 is 4.92 Å². The zero-order valence-electron chi connectivity index (χ0n) is 10.8. The fraction of sp³-hybridized carbons (Fsp3) is 0.385. The molecule has 0 spiro atoms. The highest BCUT2D eigenvalue weighted by Crippen LogP contribution is 2.22. The molecule has 0 bridgehead atoms. The average Bonchev–Trinajstić information content (AvgIpc) is 2.91. The van der Waals surface area contributed by atoms with Gasteiger partial charge in [0.2, 0.25) is 5.91 Å². The molecule has 1 unspecified atom stereocenters. The lowest BCUT2D eigenvalue weighted by molar-refractivity contribution is -0.384. The zero-order chi connectivity index (χ0) is 14.5. The molecule has 1 aliphatic heterocycles. The first-order chi connectivity index (χ1) is 9.60. The molecule has 1 heterocycles. The van der Waals surface area contributed by atoms with Crippen LogP contribution >= 0.6 is 0 Å². The van der Waals surface area contributed by atoms with Crippen molar-refractivity contribution in [2.75, 3.05) is 11.9 Å². The quantitative estimate of drug-likeness (QED) is 0.639. The third-order valence-corrected chi connectivity index (χ3v) is 3.20. The van der Waals surface area contributed by atoms with Crippen LogP contribution in [-0.2, 0) is 4.79 Å². The van der Waals surface area contributed by atoms with Crippen LogP contribution in [0.1, 0.15) is 24.8 Å². The molecule has 1 aromatic carbocycles. The molecule has 1 fully saturated rings. The largest absolute Gasteiger partial charge is 0.325 e. The Hall–Kier alpha value is -2.46. The van der Waals surface area contributed by atoms with E-state index in [1.54, 1.807) is 0 Å². The number of nitro benzene ring substituents is 1. The van der Waals surface area contributed by atoms with Gasteiger partial charge in [0.1, 0.15) is 6.07 Å². The van der Waals surface area contributed by atoms with Gasteiger partial charge in [0.25, 0.3) is 5.69 Å². The summed E-state index contributed by atoms with van der Waals surface area (Å²) >= 11 is 0. The Labute approximate surface area is 115 Å². The van der Waals surface area contributed by atoms with Crippen LogP contribution in [0.5, 0.6) is 0 Å². The van der Waals surface area contributed by atoms with Gasteiger partial charge in [-0.2, -0.15) is 5.26 Å². The van der Waals surface area contributed by atoms with Crippen LogP contribution in [0.15, 0.2) is 18.2 Å². The lowest BCUT2D eigenvalue weighted by Crippen LogP contribution is -2.27. The van der Waals surface area contributed by atoms with Crippen LogP contribution in [0.4, 0.5) is 11.4 Å². The molecule has 7 nitrogen and oxygen atoms in total. The third kappa shape index (κ3) is 3.30. The lowest BCUT2D eigenvalue weighted by Gasteiger charge is -2.11. The molecule has 104 valence electrons. The Morgan fingerprint density at radius 2 is 2.40 bits per heavy atom. The van der Waals surface area contributed by atoms with E-state index in [0.29, 0.717) is 12.1 Å². The number of nitrogens with zero attached hydrogens (tertiary/aromatic N) is 2. The summed E-state index contributed by atoms with van der Waals surface area (Å²) in [6.45, 7) is 0.916. The van der Waals surface area contributed by atoms with Gasteiger partial charge in [-0.1, -0.05) is 0 Å². The highest BCUT2D eigenvalue weighted by Gasteiger charge is 2.19. The number of nitriles is 1. The molecule has 0 aromatic heterocycles. The number of rotatable bonds is 4. The van der Waals surface area contributed by atoms with Gasteiger partial charge in [-0.05, 0) is 25.5 Å². The smallest absolute Gasteiger partial charge is 0.270 e. The van der Waals surface area contributed by atoms with E-state index in [2.05, 4.69) is 10.6 Å². The summed E-state index contributed by atoms with van der Waals surface area (Å²) in [5.74, 6) is -0.199. The normalized spacial score (nSPS) is 17.4. The molecule has 1 saturated heterocycles. The van der Waals surface area contributed by atoms with Crippen molar-refractivity contribution in [1.29, 1.82) is 5.26 Å². The third-order valence-electron chi connectivity index (χ3n) is 3.20. The summed E-state index contributed by atoms with van der Waals surface area (Å²) in [4.78, 5) is 21.9. The highest BCUT2D eigenvalue weighted by molar-refractivity contribution is 5.92. The van der Waals surface area contributed by atoms with E-state index in [1.807, 2.05) is 6.07 Å². The average molecular weight is 274 g/mol. The number of anilines is 1. The molecule has 1 atom stereocenters. The fourth-order valence-electron chi connectivity index (χ4n) is 2.20. The summed E-state index contributed by atoms with van der Waals surface area (Å²) in [5, 5.41) is 25.5. The first kappa shape index (κ1) is 14.0. The molecule has 0 aliphatic carbocycles. The summed E-state index contributed by atoms with van der Waals surface area (Å²) < 4.78 is 0. The predicted octanol–water partition coefficient (Wildman–Crippen LogP) is 1.55. The number of nitro groups is 1. The number of non-ortho nitro benzene ring substituents is 1. The minimum absolute atomic E-state index is 0.0898. The Morgan fingerprint density at radius 1 is 1.60 bits per heavy atom. The molecule has 20 heavy (non-hydrogen) atoms. The van der Waals surface area contributed by atoms with Gasteiger partial charge in [-0.15, -0.1) is 0 Å². The van der Waals surface area contributed by atoms with Crippen LogP contribution in [0.3, 0.4) is 0 Å².